The third-order valence-electron chi connectivity index (χ3n) is 2.24. The van der Waals surface area contributed by atoms with Gasteiger partial charge >= 0.3 is 5.76 Å². The fourth-order valence-corrected chi connectivity index (χ4v) is 2.55. The highest BCUT2D eigenvalue weighted by atomic mass is 79.9. The summed E-state index contributed by atoms with van der Waals surface area (Å²) in [6.07, 6.45) is 0.917. The summed E-state index contributed by atoms with van der Waals surface area (Å²) in [5.74, 6) is 2.29. The second-order valence-corrected chi connectivity index (χ2v) is 5.65. The van der Waals surface area contributed by atoms with E-state index in [2.05, 4.69) is 26.1 Å². The summed E-state index contributed by atoms with van der Waals surface area (Å²) >= 11 is 5.08. The number of para-hydroxylation sites is 1. The van der Waals surface area contributed by atoms with Gasteiger partial charge < -0.3 is 9.15 Å². The first-order chi connectivity index (χ1) is 9.25. The van der Waals surface area contributed by atoms with Gasteiger partial charge in [0.2, 0.25) is 5.89 Å². The Kier molecular flexibility index (Phi) is 5.53. The first kappa shape index (κ1) is 14.2. The third-order valence-corrected chi connectivity index (χ3v) is 3.92. The molecule has 102 valence electrons. The molecule has 0 radical (unpaired) electrons. The summed E-state index contributed by atoms with van der Waals surface area (Å²) in [4.78, 5) is 10.7. The van der Waals surface area contributed by atoms with E-state index in [1.54, 1.807) is 11.8 Å². The number of hydrogen-bond acceptors (Lipinski definition) is 5. The Labute approximate surface area is 122 Å². The molecule has 19 heavy (non-hydrogen) atoms. The number of aromatic amines is 1. The highest BCUT2D eigenvalue weighted by Gasteiger charge is 2.02. The molecule has 0 saturated carbocycles. The zero-order chi connectivity index (χ0) is 13.5. The van der Waals surface area contributed by atoms with Gasteiger partial charge in [-0.3, -0.25) is 0 Å². The van der Waals surface area contributed by atoms with Crippen LogP contribution in [0.4, 0.5) is 0 Å². The quantitative estimate of drug-likeness (QED) is 0.782. The van der Waals surface area contributed by atoms with E-state index >= 15 is 0 Å². The molecule has 0 aliphatic carbocycles. The lowest BCUT2D eigenvalue weighted by Gasteiger charge is -2.07. The second kappa shape index (κ2) is 7.40. The van der Waals surface area contributed by atoms with Crippen molar-refractivity contribution in [1.82, 2.24) is 10.2 Å². The minimum absolute atomic E-state index is 0.432. The zero-order valence-electron chi connectivity index (χ0n) is 10.1. The number of aromatic nitrogens is 2. The van der Waals surface area contributed by atoms with Gasteiger partial charge in [0.15, 0.2) is 0 Å². The van der Waals surface area contributed by atoms with Crippen LogP contribution in [0, 0.1) is 0 Å². The molecule has 7 heteroatoms. The lowest BCUT2D eigenvalue weighted by molar-refractivity contribution is 0.317. The van der Waals surface area contributed by atoms with Gasteiger partial charge in [-0.2, -0.15) is 11.8 Å². The molecule has 0 aliphatic rings. The second-order valence-electron chi connectivity index (χ2n) is 3.69. The first-order valence-corrected chi connectivity index (χ1v) is 7.70. The Hall–Kier alpha value is -1.21. The van der Waals surface area contributed by atoms with Crippen LogP contribution < -0.4 is 10.5 Å². The zero-order valence-corrected chi connectivity index (χ0v) is 12.5. The maximum atomic E-state index is 10.7. The average molecular weight is 345 g/mol. The molecule has 0 aliphatic heterocycles. The van der Waals surface area contributed by atoms with Crippen molar-refractivity contribution < 1.29 is 9.15 Å². The highest BCUT2D eigenvalue weighted by molar-refractivity contribution is 9.10. The van der Waals surface area contributed by atoms with E-state index in [0.29, 0.717) is 18.3 Å². The smallest absolute Gasteiger partial charge is 0.434 e. The molecule has 0 fully saturated rings. The van der Waals surface area contributed by atoms with Crippen molar-refractivity contribution >= 4 is 27.7 Å². The van der Waals surface area contributed by atoms with Crippen molar-refractivity contribution in [3.63, 3.8) is 0 Å². The first-order valence-electron chi connectivity index (χ1n) is 5.75. The van der Waals surface area contributed by atoms with Crippen LogP contribution in [0.15, 0.2) is 37.9 Å². The number of thioether (sulfide) groups is 1. The molecular formula is C12H13BrN2O3S. The number of H-pyrrole nitrogens is 1. The number of ether oxygens (including phenoxy) is 1. The highest BCUT2D eigenvalue weighted by Crippen LogP contribution is 2.23. The van der Waals surface area contributed by atoms with Gasteiger partial charge in [0.05, 0.1) is 16.8 Å². The summed E-state index contributed by atoms with van der Waals surface area (Å²) < 4.78 is 11.4. The van der Waals surface area contributed by atoms with Gasteiger partial charge in [-0.05, 0) is 40.2 Å². The Bertz CT molecular complexity index is 570. The molecule has 1 N–H and O–H groups in total. The van der Waals surface area contributed by atoms with E-state index in [0.717, 1.165) is 22.4 Å². The molecule has 0 atom stereocenters. The fourth-order valence-electron chi connectivity index (χ4n) is 1.39. The van der Waals surface area contributed by atoms with Crippen LogP contribution in [0.3, 0.4) is 0 Å². The molecule has 0 bridgehead atoms. The van der Waals surface area contributed by atoms with E-state index in [1.165, 1.54) is 0 Å². The van der Waals surface area contributed by atoms with E-state index in [1.807, 2.05) is 24.3 Å². The normalized spacial score (nSPS) is 10.6. The van der Waals surface area contributed by atoms with E-state index in [-0.39, 0.29) is 0 Å². The van der Waals surface area contributed by atoms with Crippen molar-refractivity contribution in [3.05, 3.63) is 45.2 Å². The van der Waals surface area contributed by atoms with Crippen molar-refractivity contribution in [2.75, 3.05) is 12.4 Å². The van der Waals surface area contributed by atoms with Crippen molar-refractivity contribution in [1.29, 1.82) is 0 Å². The standard InChI is InChI=1S/C12H13BrN2O3S/c13-9-4-1-2-5-10(9)17-6-3-7-19-8-11-14-15-12(16)18-11/h1-2,4-5H,3,6-8H2,(H,15,16). The van der Waals surface area contributed by atoms with Gasteiger partial charge in [0.1, 0.15) is 5.75 Å². The monoisotopic (exact) mass is 344 g/mol. The Balaban J connectivity index is 1.60. The number of nitrogens with zero attached hydrogens (tertiary/aromatic N) is 1. The maximum Gasteiger partial charge on any atom is 0.434 e. The molecule has 1 heterocycles. The largest absolute Gasteiger partial charge is 0.492 e. The van der Waals surface area contributed by atoms with Crippen LogP contribution in [-0.2, 0) is 5.75 Å². The number of benzene rings is 1. The molecule has 5 nitrogen and oxygen atoms in total. The molecule has 2 rings (SSSR count). The van der Waals surface area contributed by atoms with Crippen LogP contribution in [0.2, 0.25) is 0 Å². The molecule has 1 aromatic carbocycles. The Morgan fingerprint density at radius 2 is 2.26 bits per heavy atom. The minimum atomic E-state index is -0.507. The summed E-state index contributed by atoms with van der Waals surface area (Å²) in [6, 6.07) is 7.76. The third kappa shape index (κ3) is 4.76. The Morgan fingerprint density at radius 1 is 1.42 bits per heavy atom. The van der Waals surface area contributed by atoms with Crippen LogP contribution in [0.5, 0.6) is 5.75 Å². The molecule has 2 aromatic rings. The average Bonchev–Trinajstić information content (AvgIpc) is 2.81. The topological polar surface area (TPSA) is 68.1 Å². The fraction of sp³-hybridized carbons (Fsp3) is 0.333. The van der Waals surface area contributed by atoms with Gasteiger partial charge in [0.25, 0.3) is 0 Å². The SMILES string of the molecule is O=c1[nH]nc(CSCCCOc2ccccc2Br)o1. The predicted octanol–water partition coefficient (Wildman–Crippen LogP) is 2.83. The van der Waals surface area contributed by atoms with Gasteiger partial charge in [-0.1, -0.05) is 12.1 Å². The van der Waals surface area contributed by atoms with Crippen molar-refractivity contribution in [3.8, 4) is 5.75 Å². The molecule has 0 amide bonds. The van der Waals surface area contributed by atoms with Gasteiger partial charge in [-0.25, -0.2) is 9.89 Å². The molecular weight excluding hydrogens is 332 g/mol. The van der Waals surface area contributed by atoms with Crippen LogP contribution in [0.1, 0.15) is 12.3 Å². The Morgan fingerprint density at radius 3 is 3.00 bits per heavy atom. The van der Waals surface area contributed by atoms with E-state index in [4.69, 9.17) is 9.15 Å². The number of nitrogens with one attached hydrogen (secondary N) is 1. The minimum Gasteiger partial charge on any atom is -0.492 e. The van der Waals surface area contributed by atoms with Gasteiger partial charge in [-0.15, -0.1) is 5.10 Å². The lowest BCUT2D eigenvalue weighted by Crippen LogP contribution is -1.99. The summed E-state index contributed by atoms with van der Waals surface area (Å²) in [6.45, 7) is 0.653. The van der Waals surface area contributed by atoms with Gasteiger partial charge in [0, 0.05) is 0 Å². The summed E-state index contributed by atoms with van der Waals surface area (Å²) in [5.41, 5.74) is 0. The van der Waals surface area contributed by atoms with Crippen LogP contribution >= 0.6 is 27.7 Å². The van der Waals surface area contributed by atoms with Crippen LogP contribution in [-0.4, -0.2) is 22.6 Å². The van der Waals surface area contributed by atoms with Crippen molar-refractivity contribution in [2.24, 2.45) is 0 Å². The van der Waals surface area contributed by atoms with Crippen LogP contribution in [0.25, 0.3) is 0 Å². The van der Waals surface area contributed by atoms with Crippen molar-refractivity contribution in [2.45, 2.75) is 12.2 Å². The number of rotatable bonds is 7. The molecule has 0 saturated heterocycles. The van der Waals surface area contributed by atoms with E-state index in [9.17, 15) is 4.79 Å². The lowest BCUT2D eigenvalue weighted by atomic mass is 10.3. The maximum absolute atomic E-state index is 10.7. The summed E-state index contributed by atoms with van der Waals surface area (Å²) in [7, 11) is 0. The van der Waals surface area contributed by atoms with E-state index < -0.39 is 5.76 Å². The molecule has 0 spiro atoms. The predicted molar refractivity (Wildman–Crippen MR) is 77.5 cm³/mol. The summed E-state index contributed by atoms with van der Waals surface area (Å²) in [5, 5.41) is 5.96. The molecule has 1 aromatic heterocycles. The number of halogens is 1. The molecule has 0 unspecified atom stereocenters. The number of hydrogen-bond donors (Lipinski definition) is 1.